The molecule has 0 radical (unpaired) electrons. The Morgan fingerprint density at radius 1 is 1.19 bits per heavy atom. The number of hydrogen-bond acceptors (Lipinski definition) is 4. The summed E-state index contributed by atoms with van der Waals surface area (Å²) >= 11 is 0. The molecule has 1 N–H and O–H groups in total. The summed E-state index contributed by atoms with van der Waals surface area (Å²) in [5.74, 6) is 1.01. The van der Waals surface area contributed by atoms with E-state index in [0.29, 0.717) is 23.3 Å². The molecule has 0 bridgehead atoms. The third-order valence-electron chi connectivity index (χ3n) is 5.88. The van der Waals surface area contributed by atoms with E-state index in [4.69, 9.17) is 4.52 Å². The number of hydrogen-bond donors (Lipinski definition) is 1. The lowest BCUT2D eigenvalue weighted by Crippen LogP contribution is -2.51. The van der Waals surface area contributed by atoms with Gasteiger partial charge in [0.1, 0.15) is 5.56 Å². The van der Waals surface area contributed by atoms with E-state index >= 15 is 0 Å². The van der Waals surface area contributed by atoms with Crippen LogP contribution in [-0.2, 0) is 0 Å². The molecule has 2 fully saturated rings. The number of aromatic nitrogens is 1. The molecular weight excluding hydrogens is 326 g/mol. The first-order valence-electron chi connectivity index (χ1n) is 9.76. The highest BCUT2D eigenvalue weighted by Crippen LogP contribution is 2.30. The molecule has 0 spiro atoms. The molecule has 4 rings (SSSR count). The predicted molar refractivity (Wildman–Crippen MR) is 101 cm³/mol. The van der Waals surface area contributed by atoms with Crippen molar-refractivity contribution in [1.29, 1.82) is 0 Å². The van der Waals surface area contributed by atoms with Gasteiger partial charge in [-0.1, -0.05) is 41.4 Å². The molecule has 0 aliphatic carbocycles. The Labute approximate surface area is 154 Å². The summed E-state index contributed by atoms with van der Waals surface area (Å²) in [6, 6.07) is 8.59. The van der Waals surface area contributed by atoms with Crippen LogP contribution >= 0.6 is 0 Å². The number of carbonyl (C=O) groups excluding carboxylic acids is 1. The molecular formula is C21H27N3O2. The van der Waals surface area contributed by atoms with Gasteiger partial charge in [-0.2, -0.15) is 0 Å². The molecule has 2 aliphatic heterocycles. The van der Waals surface area contributed by atoms with Crippen molar-refractivity contribution < 1.29 is 9.32 Å². The van der Waals surface area contributed by atoms with Crippen LogP contribution in [0.4, 0.5) is 0 Å². The summed E-state index contributed by atoms with van der Waals surface area (Å²) in [7, 11) is 0. The van der Waals surface area contributed by atoms with E-state index in [2.05, 4.69) is 15.4 Å². The lowest BCUT2D eigenvalue weighted by molar-refractivity contribution is 0.0575. The van der Waals surface area contributed by atoms with Crippen LogP contribution in [0.2, 0.25) is 0 Å². The van der Waals surface area contributed by atoms with Gasteiger partial charge < -0.3 is 14.7 Å². The highest BCUT2D eigenvalue weighted by atomic mass is 16.5. The van der Waals surface area contributed by atoms with Gasteiger partial charge in [-0.15, -0.1) is 0 Å². The van der Waals surface area contributed by atoms with E-state index in [1.807, 2.05) is 31.2 Å². The highest BCUT2D eigenvalue weighted by molar-refractivity contribution is 5.99. The lowest BCUT2D eigenvalue weighted by Gasteiger charge is -2.44. The number of nitrogens with zero attached hydrogens (tertiary/aromatic N) is 2. The largest absolute Gasteiger partial charge is 0.355 e. The van der Waals surface area contributed by atoms with Gasteiger partial charge in [-0.25, -0.2) is 0 Å². The first kappa shape index (κ1) is 17.3. The Morgan fingerprint density at radius 2 is 2.00 bits per heavy atom. The van der Waals surface area contributed by atoms with Gasteiger partial charge in [0.2, 0.25) is 0 Å². The zero-order chi connectivity index (χ0) is 17.9. The van der Waals surface area contributed by atoms with Gasteiger partial charge in [0, 0.05) is 18.2 Å². The maximum atomic E-state index is 12.7. The van der Waals surface area contributed by atoms with Crippen LogP contribution in [0, 0.1) is 12.8 Å². The average Bonchev–Trinajstić information content (AvgIpc) is 3.16. The summed E-state index contributed by atoms with van der Waals surface area (Å²) in [5.41, 5.74) is 2.58. The molecule has 2 saturated heterocycles. The maximum absolute atomic E-state index is 12.7. The second kappa shape index (κ2) is 7.62. The van der Waals surface area contributed by atoms with Crippen LogP contribution in [0.15, 0.2) is 35.0 Å². The van der Waals surface area contributed by atoms with E-state index in [1.54, 1.807) is 0 Å². The fraction of sp³-hybridized carbons (Fsp3) is 0.524. The van der Waals surface area contributed by atoms with Crippen molar-refractivity contribution in [2.45, 2.75) is 45.1 Å². The normalized spacial score (nSPS) is 23.4. The molecule has 1 aromatic heterocycles. The number of nitrogens with one attached hydrogen (secondary N) is 1. The van der Waals surface area contributed by atoms with Crippen molar-refractivity contribution >= 4 is 5.91 Å². The van der Waals surface area contributed by atoms with Gasteiger partial charge in [0.05, 0.1) is 6.20 Å². The molecule has 138 valence electrons. The number of fused-ring (bicyclic) bond motifs is 1. The second-order valence-electron chi connectivity index (χ2n) is 7.65. The Bertz CT molecular complexity index is 751. The minimum absolute atomic E-state index is 0.0882. The van der Waals surface area contributed by atoms with Crippen LogP contribution in [-0.4, -0.2) is 41.6 Å². The number of piperidine rings is 2. The summed E-state index contributed by atoms with van der Waals surface area (Å²) < 4.78 is 5.37. The van der Waals surface area contributed by atoms with Gasteiger partial charge in [0.25, 0.3) is 5.91 Å². The quantitative estimate of drug-likeness (QED) is 0.912. The minimum Gasteiger partial charge on any atom is -0.355 e. The van der Waals surface area contributed by atoms with E-state index < -0.39 is 0 Å². The molecule has 0 saturated carbocycles. The summed E-state index contributed by atoms with van der Waals surface area (Å²) in [6.45, 7) is 5.21. The zero-order valence-electron chi connectivity index (χ0n) is 15.4. The van der Waals surface area contributed by atoms with Gasteiger partial charge in [-0.05, 0) is 51.6 Å². The van der Waals surface area contributed by atoms with Crippen LogP contribution in [0.5, 0.6) is 0 Å². The number of amides is 1. The molecule has 2 atom stereocenters. The number of carbonyl (C=O) groups is 1. The highest BCUT2D eigenvalue weighted by Gasteiger charge is 2.33. The van der Waals surface area contributed by atoms with E-state index in [-0.39, 0.29) is 5.91 Å². The number of aryl methyl sites for hydroxylation is 1. The van der Waals surface area contributed by atoms with Crippen LogP contribution in [0.3, 0.4) is 0 Å². The zero-order valence-corrected chi connectivity index (χ0v) is 15.4. The standard InChI is InChI=1S/C21H27N3O2/c1-15-7-9-16(10-8-15)20-18(14-23-26-20)21(25)22-13-17-5-4-12-24-11-3-2-6-19(17)24/h7-10,14,17,19H,2-6,11-13H2,1H3,(H,22,25)/t17-,19-/m1/s1. The number of benzene rings is 1. The smallest absolute Gasteiger partial charge is 0.256 e. The summed E-state index contributed by atoms with van der Waals surface area (Å²) in [5, 5.41) is 7.00. The van der Waals surface area contributed by atoms with Crippen LogP contribution in [0.25, 0.3) is 11.3 Å². The fourth-order valence-corrected chi connectivity index (χ4v) is 4.45. The second-order valence-corrected chi connectivity index (χ2v) is 7.65. The molecule has 1 amide bonds. The molecule has 5 nitrogen and oxygen atoms in total. The molecule has 2 aromatic rings. The van der Waals surface area contributed by atoms with Gasteiger partial charge in [-0.3, -0.25) is 4.79 Å². The first-order chi connectivity index (χ1) is 12.7. The molecule has 5 heteroatoms. The van der Waals surface area contributed by atoms with Crippen molar-refractivity contribution in [1.82, 2.24) is 15.4 Å². The third-order valence-corrected chi connectivity index (χ3v) is 5.88. The SMILES string of the molecule is Cc1ccc(-c2oncc2C(=O)NC[C@H]2CCCN3CCCC[C@H]23)cc1. The summed E-state index contributed by atoms with van der Waals surface area (Å²) in [4.78, 5) is 15.4. The van der Waals surface area contributed by atoms with E-state index in [0.717, 1.165) is 12.1 Å². The maximum Gasteiger partial charge on any atom is 0.256 e. The molecule has 0 unspecified atom stereocenters. The van der Waals surface area contributed by atoms with Crippen molar-refractivity contribution in [3.63, 3.8) is 0 Å². The minimum atomic E-state index is -0.0882. The summed E-state index contributed by atoms with van der Waals surface area (Å²) in [6.07, 6.45) is 7.86. The topological polar surface area (TPSA) is 58.4 Å². The van der Waals surface area contributed by atoms with E-state index in [1.165, 1.54) is 57.0 Å². The van der Waals surface area contributed by atoms with Crippen molar-refractivity contribution in [3.8, 4) is 11.3 Å². The van der Waals surface area contributed by atoms with Crippen molar-refractivity contribution in [3.05, 3.63) is 41.6 Å². The van der Waals surface area contributed by atoms with Crippen molar-refractivity contribution in [2.24, 2.45) is 5.92 Å². The van der Waals surface area contributed by atoms with E-state index in [9.17, 15) is 4.79 Å². The Kier molecular flexibility index (Phi) is 5.07. The van der Waals surface area contributed by atoms with Gasteiger partial charge >= 0.3 is 0 Å². The predicted octanol–water partition coefficient (Wildman–Crippen LogP) is 3.64. The lowest BCUT2D eigenvalue weighted by atomic mass is 9.83. The van der Waals surface area contributed by atoms with Crippen LogP contribution in [0.1, 0.15) is 48.0 Å². The molecule has 26 heavy (non-hydrogen) atoms. The average molecular weight is 353 g/mol. The fourth-order valence-electron chi connectivity index (χ4n) is 4.45. The van der Waals surface area contributed by atoms with Gasteiger partial charge in [0.15, 0.2) is 5.76 Å². The Balaban J connectivity index is 1.43. The Hall–Kier alpha value is -2.14. The monoisotopic (exact) mass is 353 g/mol. The molecule has 2 aliphatic rings. The number of rotatable bonds is 4. The Morgan fingerprint density at radius 3 is 2.85 bits per heavy atom. The van der Waals surface area contributed by atoms with Crippen molar-refractivity contribution in [2.75, 3.05) is 19.6 Å². The van der Waals surface area contributed by atoms with Crippen LogP contribution < -0.4 is 5.32 Å². The molecule has 1 aromatic carbocycles. The third kappa shape index (κ3) is 3.54. The molecule has 3 heterocycles. The first-order valence-corrected chi connectivity index (χ1v) is 9.76.